The monoisotopic (exact) mass is 281 g/mol. The fourth-order valence-corrected chi connectivity index (χ4v) is 2.64. The molecule has 2 rings (SSSR count). The summed E-state index contributed by atoms with van der Waals surface area (Å²) in [6.45, 7) is 10.3. The molecule has 1 aromatic rings. The highest BCUT2D eigenvalue weighted by Crippen LogP contribution is 2.19. The number of rotatable bonds is 5. The zero-order valence-electron chi connectivity index (χ0n) is 13.3. The average molecular weight is 281 g/mol. The van der Waals surface area contributed by atoms with Gasteiger partial charge in [0.15, 0.2) is 5.82 Å². The predicted octanol–water partition coefficient (Wildman–Crippen LogP) is 0.703. The second-order valence-electron chi connectivity index (χ2n) is 6.27. The van der Waals surface area contributed by atoms with Crippen molar-refractivity contribution >= 4 is 0 Å². The summed E-state index contributed by atoms with van der Waals surface area (Å²) >= 11 is 0. The molecule has 6 heteroatoms. The number of nitrogens with zero attached hydrogens (tertiary/aromatic N) is 4. The Bertz CT molecular complexity index is 431. The predicted molar refractivity (Wildman–Crippen MR) is 78.6 cm³/mol. The van der Waals surface area contributed by atoms with Crippen LogP contribution in [0.1, 0.15) is 32.5 Å². The maximum atomic E-state index is 5.43. The van der Waals surface area contributed by atoms with Gasteiger partial charge in [-0.2, -0.15) is 4.98 Å². The third kappa shape index (κ3) is 3.56. The van der Waals surface area contributed by atoms with E-state index in [1.54, 1.807) is 0 Å². The molecule has 0 amide bonds. The number of piperazine rings is 1. The van der Waals surface area contributed by atoms with E-state index in [-0.39, 0.29) is 5.54 Å². The molecule has 1 atom stereocenters. The number of hydrogen-bond donors (Lipinski definition) is 1. The van der Waals surface area contributed by atoms with E-state index in [2.05, 4.69) is 60.1 Å². The van der Waals surface area contributed by atoms with Crippen molar-refractivity contribution in [2.45, 2.75) is 38.8 Å². The van der Waals surface area contributed by atoms with Crippen LogP contribution in [-0.2, 0) is 12.0 Å². The summed E-state index contributed by atoms with van der Waals surface area (Å²) in [6.07, 6.45) is 0.840. The normalized spacial score (nSPS) is 22.4. The zero-order valence-corrected chi connectivity index (χ0v) is 13.3. The van der Waals surface area contributed by atoms with Gasteiger partial charge in [0, 0.05) is 32.1 Å². The molecule has 0 aliphatic carbocycles. The van der Waals surface area contributed by atoms with Crippen molar-refractivity contribution in [3.05, 3.63) is 11.7 Å². The van der Waals surface area contributed by atoms with E-state index in [0.29, 0.717) is 11.9 Å². The molecule has 0 spiro atoms. The summed E-state index contributed by atoms with van der Waals surface area (Å²) < 4.78 is 5.43. The molecule has 1 saturated heterocycles. The van der Waals surface area contributed by atoms with Crippen LogP contribution < -0.4 is 5.32 Å². The van der Waals surface area contributed by atoms with Crippen LogP contribution in [-0.4, -0.2) is 66.3 Å². The largest absolute Gasteiger partial charge is 0.337 e. The first kappa shape index (κ1) is 15.4. The molecule has 0 radical (unpaired) electrons. The summed E-state index contributed by atoms with van der Waals surface area (Å²) in [5, 5.41) is 7.50. The molecule has 0 bridgehead atoms. The Morgan fingerprint density at radius 3 is 2.80 bits per heavy atom. The van der Waals surface area contributed by atoms with Crippen LogP contribution >= 0.6 is 0 Å². The Morgan fingerprint density at radius 2 is 2.10 bits per heavy atom. The van der Waals surface area contributed by atoms with Crippen molar-refractivity contribution < 1.29 is 4.52 Å². The summed E-state index contributed by atoms with van der Waals surface area (Å²) in [5.74, 6) is 1.47. The first-order valence-electron chi connectivity index (χ1n) is 7.39. The van der Waals surface area contributed by atoms with Gasteiger partial charge in [0.1, 0.15) is 0 Å². The molecule has 2 heterocycles. The van der Waals surface area contributed by atoms with Crippen LogP contribution in [0, 0.1) is 0 Å². The highest BCUT2D eigenvalue weighted by molar-refractivity contribution is 5.01. The van der Waals surface area contributed by atoms with E-state index >= 15 is 0 Å². The van der Waals surface area contributed by atoms with E-state index in [1.807, 2.05) is 0 Å². The smallest absolute Gasteiger partial charge is 0.246 e. The number of hydrogen-bond acceptors (Lipinski definition) is 6. The minimum absolute atomic E-state index is 0.269. The van der Waals surface area contributed by atoms with Crippen molar-refractivity contribution in [2.75, 3.05) is 40.3 Å². The van der Waals surface area contributed by atoms with E-state index in [0.717, 1.165) is 38.4 Å². The van der Waals surface area contributed by atoms with Gasteiger partial charge in [0.05, 0.1) is 5.54 Å². The summed E-state index contributed by atoms with van der Waals surface area (Å²) in [6, 6.07) is 0.460. The van der Waals surface area contributed by atoms with Crippen LogP contribution in [0.2, 0.25) is 0 Å². The van der Waals surface area contributed by atoms with Crippen LogP contribution in [0.4, 0.5) is 0 Å². The van der Waals surface area contributed by atoms with Crippen LogP contribution in [0.15, 0.2) is 4.52 Å². The van der Waals surface area contributed by atoms with E-state index in [9.17, 15) is 0 Å². The van der Waals surface area contributed by atoms with Crippen molar-refractivity contribution in [2.24, 2.45) is 0 Å². The Morgan fingerprint density at radius 1 is 1.35 bits per heavy atom. The average Bonchev–Trinajstić information content (AvgIpc) is 2.83. The molecule has 0 saturated carbocycles. The fraction of sp³-hybridized carbons (Fsp3) is 0.857. The number of aromatic nitrogens is 2. The summed E-state index contributed by atoms with van der Waals surface area (Å²) in [5.41, 5.74) is -0.269. The third-order valence-electron chi connectivity index (χ3n) is 4.02. The van der Waals surface area contributed by atoms with Gasteiger partial charge in [-0.05, 0) is 34.5 Å². The highest BCUT2D eigenvalue weighted by atomic mass is 16.5. The second kappa shape index (κ2) is 6.20. The SMILES string of the molecule is CCNC(C)(C)c1nc(CC2CN(C)CCN2C)no1. The molecule has 1 aromatic heterocycles. The molecule has 1 aliphatic heterocycles. The van der Waals surface area contributed by atoms with E-state index in [4.69, 9.17) is 4.52 Å². The van der Waals surface area contributed by atoms with Gasteiger partial charge in [0.25, 0.3) is 0 Å². The van der Waals surface area contributed by atoms with Crippen LogP contribution in [0.25, 0.3) is 0 Å². The van der Waals surface area contributed by atoms with Crippen molar-refractivity contribution in [1.29, 1.82) is 0 Å². The lowest BCUT2D eigenvalue weighted by Gasteiger charge is -2.37. The molecule has 114 valence electrons. The van der Waals surface area contributed by atoms with Gasteiger partial charge in [-0.15, -0.1) is 0 Å². The van der Waals surface area contributed by atoms with E-state index < -0.39 is 0 Å². The minimum atomic E-state index is -0.269. The molecular weight excluding hydrogens is 254 g/mol. The molecule has 0 aromatic carbocycles. The molecule has 20 heavy (non-hydrogen) atoms. The molecule has 1 N–H and O–H groups in total. The molecule has 1 unspecified atom stereocenters. The minimum Gasteiger partial charge on any atom is -0.337 e. The molecule has 1 fully saturated rings. The third-order valence-corrected chi connectivity index (χ3v) is 4.02. The standard InChI is InChI=1S/C14H27N5O/c1-6-15-14(2,3)13-16-12(17-20-13)9-11-10-18(4)7-8-19(11)5/h11,15H,6-10H2,1-5H3. The lowest BCUT2D eigenvalue weighted by molar-refractivity contribution is 0.113. The van der Waals surface area contributed by atoms with Gasteiger partial charge in [0.2, 0.25) is 5.89 Å². The number of likely N-dealkylation sites (N-methyl/N-ethyl adjacent to an activating group) is 2. The Labute approximate surface area is 121 Å². The summed E-state index contributed by atoms with van der Waals surface area (Å²) in [7, 11) is 4.33. The topological polar surface area (TPSA) is 57.4 Å². The maximum Gasteiger partial charge on any atom is 0.246 e. The quantitative estimate of drug-likeness (QED) is 0.857. The Kier molecular flexibility index (Phi) is 4.78. The number of nitrogens with one attached hydrogen (secondary N) is 1. The Balaban J connectivity index is 2.02. The van der Waals surface area contributed by atoms with Crippen molar-refractivity contribution in [3.63, 3.8) is 0 Å². The van der Waals surface area contributed by atoms with Gasteiger partial charge in [-0.25, -0.2) is 0 Å². The van der Waals surface area contributed by atoms with Crippen LogP contribution in [0.5, 0.6) is 0 Å². The highest BCUT2D eigenvalue weighted by Gasteiger charge is 2.28. The first-order chi connectivity index (χ1) is 9.42. The van der Waals surface area contributed by atoms with Gasteiger partial charge in [-0.1, -0.05) is 12.1 Å². The molecule has 6 nitrogen and oxygen atoms in total. The molecule has 1 aliphatic rings. The van der Waals surface area contributed by atoms with Crippen LogP contribution in [0.3, 0.4) is 0 Å². The van der Waals surface area contributed by atoms with Gasteiger partial charge < -0.3 is 19.6 Å². The first-order valence-corrected chi connectivity index (χ1v) is 7.39. The van der Waals surface area contributed by atoms with Gasteiger partial charge >= 0.3 is 0 Å². The Hall–Kier alpha value is -0.980. The van der Waals surface area contributed by atoms with Crippen molar-refractivity contribution in [1.82, 2.24) is 25.3 Å². The van der Waals surface area contributed by atoms with Crippen molar-refractivity contribution in [3.8, 4) is 0 Å². The zero-order chi connectivity index (χ0) is 14.8. The second-order valence-corrected chi connectivity index (χ2v) is 6.27. The van der Waals surface area contributed by atoms with E-state index in [1.165, 1.54) is 0 Å². The summed E-state index contributed by atoms with van der Waals surface area (Å²) in [4.78, 5) is 9.30. The lowest BCUT2D eigenvalue weighted by Crippen LogP contribution is -2.50. The van der Waals surface area contributed by atoms with Gasteiger partial charge in [-0.3, -0.25) is 0 Å². The lowest BCUT2D eigenvalue weighted by atomic mass is 10.1. The fourth-order valence-electron chi connectivity index (χ4n) is 2.64. The maximum absolute atomic E-state index is 5.43. The molecular formula is C14H27N5O.